The summed E-state index contributed by atoms with van der Waals surface area (Å²) in [6.07, 6.45) is 2.90. The highest BCUT2D eigenvalue weighted by atomic mass is 16.2. The van der Waals surface area contributed by atoms with E-state index in [4.69, 9.17) is 5.10 Å². The molecule has 22 heavy (non-hydrogen) atoms. The average Bonchev–Trinajstić information content (AvgIpc) is 3.11. The molecule has 2 fully saturated rings. The first kappa shape index (κ1) is 13.8. The molecule has 2 aliphatic heterocycles. The quantitative estimate of drug-likeness (QED) is 0.798. The summed E-state index contributed by atoms with van der Waals surface area (Å²) >= 11 is 0. The molecule has 2 atom stereocenters. The molecule has 0 aromatic carbocycles. The lowest BCUT2D eigenvalue weighted by atomic mass is 10.1. The van der Waals surface area contributed by atoms with Crippen molar-refractivity contribution in [2.24, 2.45) is 0 Å². The number of aromatic nitrogens is 2. The predicted octanol–water partition coefficient (Wildman–Crippen LogP) is -0.118. The number of carbonyl (C=O) groups excluding carboxylic acids is 2. The fourth-order valence-corrected chi connectivity index (χ4v) is 3.83. The number of fused-ring (bicyclic) bond motifs is 2. The Kier molecular flexibility index (Phi) is 3.00. The summed E-state index contributed by atoms with van der Waals surface area (Å²) in [5.74, 6) is -0.0294. The van der Waals surface area contributed by atoms with Gasteiger partial charge in [-0.3, -0.25) is 19.2 Å². The van der Waals surface area contributed by atoms with Crippen LogP contribution in [0.1, 0.15) is 49.4 Å². The summed E-state index contributed by atoms with van der Waals surface area (Å²) < 4.78 is 2.03. The summed E-state index contributed by atoms with van der Waals surface area (Å²) in [7, 11) is 0. The number of carbonyl (C=O) groups is 2. The normalized spacial score (nSPS) is 27.8. The Morgan fingerprint density at radius 1 is 1.27 bits per heavy atom. The number of nitrogens with one attached hydrogen (secondary N) is 2. The number of rotatable bonds is 2. The number of hydrogen-bond acceptors (Lipinski definition) is 4. The fraction of sp³-hybridized carbons (Fsp3) is 0.667. The lowest BCUT2D eigenvalue weighted by Gasteiger charge is -2.32. The Labute approximate surface area is 129 Å². The van der Waals surface area contributed by atoms with E-state index >= 15 is 0 Å². The summed E-state index contributed by atoms with van der Waals surface area (Å²) in [4.78, 5) is 26.0. The third-order valence-corrected chi connectivity index (χ3v) is 4.85. The van der Waals surface area contributed by atoms with Crippen LogP contribution in [0.15, 0.2) is 0 Å². The molecule has 0 radical (unpaired) electrons. The van der Waals surface area contributed by atoms with Crippen molar-refractivity contribution in [3.63, 3.8) is 0 Å². The van der Waals surface area contributed by atoms with E-state index in [1.807, 2.05) is 9.58 Å². The molecule has 0 bridgehead atoms. The number of piperazine rings is 1. The van der Waals surface area contributed by atoms with Crippen LogP contribution in [0.5, 0.6) is 0 Å². The van der Waals surface area contributed by atoms with Gasteiger partial charge in [0.15, 0.2) is 0 Å². The van der Waals surface area contributed by atoms with E-state index in [1.165, 1.54) is 5.56 Å². The van der Waals surface area contributed by atoms with Gasteiger partial charge in [0, 0.05) is 18.2 Å². The Bertz CT molecular complexity index is 651. The maximum Gasteiger partial charge on any atom is 0.240 e. The van der Waals surface area contributed by atoms with Gasteiger partial charge in [0.25, 0.3) is 0 Å². The van der Waals surface area contributed by atoms with Gasteiger partial charge in [-0.2, -0.15) is 5.10 Å². The Morgan fingerprint density at radius 3 is 2.86 bits per heavy atom. The molecule has 7 nitrogen and oxygen atoms in total. The van der Waals surface area contributed by atoms with Crippen LogP contribution in [-0.4, -0.2) is 45.6 Å². The van der Waals surface area contributed by atoms with E-state index in [1.54, 1.807) is 0 Å². The Hall–Kier alpha value is -1.89. The second kappa shape index (κ2) is 4.81. The molecule has 1 aromatic heterocycles. The third kappa shape index (κ3) is 1.88. The molecular weight excluding hydrogens is 282 g/mol. The van der Waals surface area contributed by atoms with Crippen molar-refractivity contribution in [2.45, 2.75) is 51.4 Å². The first-order valence-electron chi connectivity index (χ1n) is 7.99. The third-order valence-electron chi connectivity index (χ3n) is 4.85. The second-order valence-corrected chi connectivity index (χ2v) is 6.61. The van der Waals surface area contributed by atoms with Gasteiger partial charge in [0.2, 0.25) is 11.8 Å². The zero-order valence-electron chi connectivity index (χ0n) is 12.9. The summed E-state index contributed by atoms with van der Waals surface area (Å²) in [6.45, 7) is 4.84. The van der Waals surface area contributed by atoms with E-state index in [9.17, 15) is 9.59 Å². The van der Waals surface area contributed by atoms with E-state index in [-0.39, 0.29) is 36.6 Å². The minimum absolute atomic E-state index is 0.00625. The smallest absolute Gasteiger partial charge is 0.240 e. The number of amides is 2. The molecule has 2 amide bonds. The topological polar surface area (TPSA) is 79.3 Å². The zero-order valence-corrected chi connectivity index (χ0v) is 12.9. The maximum atomic E-state index is 12.3. The van der Waals surface area contributed by atoms with Gasteiger partial charge in [-0.05, 0) is 33.1 Å². The van der Waals surface area contributed by atoms with Crippen LogP contribution in [0.4, 0.5) is 0 Å². The molecule has 3 heterocycles. The first-order valence-corrected chi connectivity index (χ1v) is 7.99. The number of hydrogen-bond donors (Lipinski definition) is 2. The SMILES string of the molecule is CC(C)n1nc2c(c1C1NC(=O)C3CNC(=O)CN31)CCC2. The predicted molar refractivity (Wildman–Crippen MR) is 79.0 cm³/mol. The largest absolute Gasteiger partial charge is 0.353 e. The molecule has 2 N–H and O–H groups in total. The highest BCUT2D eigenvalue weighted by Gasteiger charge is 2.46. The van der Waals surface area contributed by atoms with Crippen LogP contribution in [-0.2, 0) is 22.4 Å². The van der Waals surface area contributed by atoms with Gasteiger partial charge in [-0.25, -0.2) is 0 Å². The van der Waals surface area contributed by atoms with Crippen molar-refractivity contribution >= 4 is 11.8 Å². The molecule has 1 aromatic rings. The average molecular weight is 303 g/mol. The van der Waals surface area contributed by atoms with Gasteiger partial charge in [0.1, 0.15) is 12.2 Å². The van der Waals surface area contributed by atoms with Crippen molar-refractivity contribution in [1.82, 2.24) is 25.3 Å². The molecule has 3 aliphatic rings. The minimum atomic E-state index is -0.268. The van der Waals surface area contributed by atoms with Crippen LogP contribution >= 0.6 is 0 Å². The lowest BCUT2D eigenvalue weighted by molar-refractivity contribution is -0.128. The van der Waals surface area contributed by atoms with Crippen molar-refractivity contribution in [2.75, 3.05) is 13.1 Å². The van der Waals surface area contributed by atoms with Crippen LogP contribution in [0, 0.1) is 0 Å². The van der Waals surface area contributed by atoms with E-state index in [0.717, 1.165) is 30.7 Å². The number of aryl methyl sites for hydroxylation is 1. The zero-order chi connectivity index (χ0) is 15.4. The Balaban J connectivity index is 1.78. The van der Waals surface area contributed by atoms with Gasteiger partial charge in [0.05, 0.1) is 17.9 Å². The van der Waals surface area contributed by atoms with E-state index in [2.05, 4.69) is 24.5 Å². The van der Waals surface area contributed by atoms with Crippen LogP contribution in [0.2, 0.25) is 0 Å². The molecule has 118 valence electrons. The summed E-state index contributed by atoms with van der Waals surface area (Å²) in [6, 6.07) is -0.0366. The van der Waals surface area contributed by atoms with E-state index < -0.39 is 0 Å². The van der Waals surface area contributed by atoms with E-state index in [0.29, 0.717) is 6.54 Å². The molecule has 0 spiro atoms. The van der Waals surface area contributed by atoms with Crippen molar-refractivity contribution in [3.8, 4) is 0 Å². The van der Waals surface area contributed by atoms with Crippen molar-refractivity contribution in [3.05, 3.63) is 17.0 Å². The van der Waals surface area contributed by atoms with Crippen molar-refractivity contribution < 1.29 is 9.59 Å². The monoisotopic (exact) mass is 303 g/mol. The molecule has 2 saturated heterocycles. The second-order valence-electron chi connectivity index (χ2n) is 6.61. The van der Waals surface area contributed by atoms with Gasteiger partial charge in [-0.1, -0.05) is 0 Å². The number of nitrogens with zero attached hydrogens (tertiary/aromatic N) is 3. The first-order chi connectivity index (χ1) is 10.6. The summed E-state index contributed by atoms with van der Waals surface area (Å²) in [5.41, 5.74) is 3.50. The van der Waals surface area contributed by atoms with Crippen molar-refractivity contribution in [1.29, 1.82) is 0 Å². The fourth-order valence-electron chi connectivity index (χ4n) is 3.83. The molecule has 2 unspecified atom stereocenters. The molecule has 0 saturated carbocycles. The molecule has 1 aliphatic carbocycles. The summed E-state index contributed by atoms with van der Waals surface area (Å²) in [5, 5.41) is 10.6. The highest BCUT2D eigenvalue weighted by Crippen LogP contribution is 2.35. The lowest BCUT2D eigenvalue weighted by Crippen LogP contribution is -2.53. The standard InChI is InChI=1S/C15H21N5O2/c1-8(2)20-13(9-4-3-5-10(9)18-20)14-17-15(22)11-6-16-12(21)7-19(11)14/h8,11,14H,3-7H2,1-2H3,(H,16,21)(H,17,22). The van der Waals surface area contributed by atoms with Crippen LogP contribution in [0.3, 0.4) is 0 Å². The highest BCUT2D eigenvalue weighted by molar-refractivity contribution is 5.89. The Morgan fingerprint density at radius 2 is 2.09 bits per heavy atom. The maximum absolute atomic E-state index is 12.3. The van der Waals surface area contributed by atoms with Gasteiger partial charge >= 0.3 is 0 Å². The molecule has 7 heteroatoms. The van der Waals surface area contributed by atoms with Gasteiger partial charge in [-0.15, -0.1) is 0 Å². The van der Waals surface area contributed by atoms with Gasteiger partial charge < -0.3 is 10.6 Å². The molecular formula is C15H21N5O2. The van der Waals surface area contributed by atoms with Crippen LogP contribution in [0.25, 0.3) is 0 Å². The van der Waals surface area contributed by atoms with Crippen LogP contribution < -0.4 is 10.6 Å². The minimum Gasteiger partial charge on any atom is -0.353 e. The molecule has 4 rings (SSSR count).